The van der Waals surface area contributed by atoms with E-state index in [1.165, 1.54) is 13.2 Å². The average Bonchev–Trinajstić information content (AvgIpc) is 3.17. The molecule has 1 aliphatic heterocycles. The molecule has 33 heavy (non-hydrogen) atoms. The minimum absolute atomic E-state index is 0.0228. The highest BCUT2D eigenvalue weighted by molar-refractivity contribution is 6.08. The molecule has 0 unspecified atom stereocenters. The number of hydrogen-bond donors (Lipinski definition) is 1. The Morgan fingerprint density at radius 2 is 1.97 bits per heavy atom. The number of hydrogen-bond acceptors (Lipinski definition) is 6. The molecule has 0 radical (unpaired) electrons. The second-order valence-electron chi connectivity index (χ2n) is 8.55. The highest BCUT2D eigenvalue weighted by Gasteiger charge is 2.47. The van der Waals surface area contributed by atoms with Crippen molar-refractivity contribution in [2.24, 2.45) is 11.8 Å². The molecule has 8 heteroatoms. The second kappa shape index (κ2) is 9.13. The van der Waals surface area contributed by atoms with Gasteiger partial charge in [0.1, 0.15) is 0 Å². The van der Waals surface area contributed by atoms with E-state index in [1.54, 1.807) is 24.0 Å². The van der Waals surface area contributed by atoms with Gasteiger partial charge in [-0.25, -0.2) is 4.98 Å². The van der Waals surface area contributed by atoms with E-state index in [1.807, 2.05) is 28.8 Å². The number of ether oxygens (including phenoxy) is 2. The van der Waals surface area contributed by atoms with Crippen molar-refractivity contribution < 1.29 is 24.2 Å². The first-order valence-corrected chi connectivity index (χ1v) is 11.2. The fourth-order valence-corrected chi connectivity index (χ4v) is 4.33. The van der Waals surface area contributed by atoms with Gasteiger partial charge in [0.2, 0.25) is 11.9 Å². The highest BCUT2D eigenvalue weighted by Crippen LogP contribution is 2.43. The topological polar surface area (TPSA) is 93.9 Å². The first kappa shape index (κ1) is 22.6. The zero-order valence-electron chi connectivity index (χ0n) is 19.3. The third kappa shape index (κ3) is 4.01. The van der Waals surface area contributed by atoms with Crippen molar-refractivity contribution in [2.45, 2.75) is 33.2 Å². The summed E-state index contributed by atoms with van der Waals surface area (Å²) in [6.07, 6.45) is 0.766. The number of aromatic hydroxyl groups is 1. The summed E-state index contributed by atoms with van der Waals surface area (Å²) in [6.45, 7) is 6.51. The number of methoxy groups -OCH3 is 1. The number of para-hydroxylation sites is 2. The van der Waals surface area contributed by atoms with Crippen LogP contribution in [-0.2, 0) is 14.3 Å². The minimum Gasteiger partial charge on any atom is -0.504 e. The molecule has 1 N–H and O–H groups in total. The maximum absolute atomic E-state index is 13.8. The molecule has 0 saturated heterocycles. The molecule has 0 fully saturated rings. The monoisotopic (exact) mass is 451 g/mol. The van der Waals surface area contributed by atoms with Gasteiger partial charge in [0, 0.05) is 6.54 Å². The van der Waals surface area contributed by atoms with E-state index in [9.17, 15) is 14.7 Å². The number of nitrogens with zero attached hydrogens (tertiary/aromatic N) is 3. The van der Waals surface area contributed by atoms with Crippen LogP contribution in [0.5, 0.6) is 11.5 Å². The van der Waals surface area contributed by atoms with Crippen LogP contribution in [0, 0.1) is 11.8 Å². The largest absolute Gasteiger partial charge is 0.504 e. The highest BCUT2D eigenvalue weighted by atomic mass is 16.5. The quantitative estimate of drug-likeness (QED) is 0.432. The summed E-state index contributed by atoms with van der Waals surface area (Å²) >= 11 is 0. The van der Waals surface area contributed by atoms with Gasteiger partial charge in [0.05, 0.1) is 30.8 Å². The van der Waals surface area contributed by atoms with Crippen LogP contribution in [-0.4, -0.2) is 46.8 Å². The molecule has 1 aromatic heterocycles. The van der Waals surface area contributed by atoms with Gasteiger partial charge >= 0.3 is 5.97 Å². The van der Waals surface area contributed by atoms with Crippen LogP contribution < -0.4 is 9.64 Å². The van der Waals surface area contributed by atoms with Gasteiger partial charge < -0.3 is 19.1 Å². The molecule has 2 aromatic carbocycles. The van der Waals surface area contributed by atoms with Crippen molar-refractivity contribution in [3.8, 4) is 11.5 Å². The molecule has 4 rings (SSSR count). The SMILES string of the molecule is CCOC(=O)[C@@H]1C(=O)N(CCC(C)C)c2nc3ccccc3n2[C@@H]1c1ccc(O)c(OC)c1. The van der Waals surface area contributed by atoms with E-state index in [0.717, 1.165) is 17.5 Å². The zero-order valence-corrected chi connectivity index (χ0v) is 19.3. The van der Waals surface area contributed by atoms with Crippen molar-refractivity contribution in [3.05, 3.63) is 48.0 Å². The number of esters is 1. The lowest BCUT2D eigenvalue weighted by molar-refractivity contribution is -0.153. The molecule has 8 nitrogen and oxygen atoms in total. The van der Waals surface area contributed by atoms with Gasteiger partial charge in [-0.1, -0.05) is 32.0 Å². The van der Waals surface area contributed by atoms with Crippen LogP contribution in [0.15, 0.2) is 42.5 Å². The first-order valence-electron chi connectivity index (χ1n) is 11.2. The van der Waals surface area contributed by atoms with E-state index in [2.05, 4.69) is 13.8 Å². The number of imidazole rings is 1. The van der Waals surface area contributed by atoms with Crippen molar-refractivity contribution >= 4 is 28.9 Å². The molecule has 0 bridgehead atoms. The predicted molar refractivity (Wildman–Crippen MR) is 124 cm³/mol. The van der Waals surface area contributed by atoms with Gasteiger partial charge in [0.25, 0.3) is 0 Å². The normalized spacial score (nSPS) is 18.0. The summed E-state index contributed by atoms with van der Waals surface area (Å²) < 4.78 is 12.6. The number of anilines is 1. The molecular formula is C25H29N3O5. The number of fused-ring (bicyclic) bond motifs is 3. The number of carbonyl (C=O) groups excluding carboxylic acids is 2. The molecule has 2 atom stereocenters. The third-order valence-electron chi connectivity index (χ3n) is 5.96. The molecule has 3 aromatic rings. The van der Waals surface area contributed by atoms with E-state index in [-0.39, 0.29) is 24.0 Å². The Bertz CT molecular complexity index is 1190. The van der Waals surface area contributed by atoms with Gasteiger partial charge in [-0.2, -0.15) is 0 Å². The molecule has 0 spiro atoms. The van der Waals surface area contributed by atoms with Crippen molar-refractivity contribution in [1.29, 1.82) is 0 Å². The number of benzene rings is 2. The fraction of sp³-hybridized carbons (Fsp3) is 0.400. The number of phenolic OH excluding ortho intramolecular Hbond substituents is 1. The van der Waals surface area contributed by atoms with Gasteiger partial charge in [0.15, 0.2) is 17.4 Å². The second-order valence-corrected chi connectivity index (χ2v) is 8.55. The van der Waals surface area contributed by atoms with Crippen molar-refractivity contribution in [2.75, 3.05) is 25.2 Å². The van der Waals surface area contributed by atoms with Crippen LogP contribution in [0.2, 0.25) is 0 Å². The summed E-state index contributed by atoms with van der Waals surface area (Å²) in [6, 6.07) is 11.8. The number of amides is 1. The fourth-order valence-electron chi connectivity index (χ4n) is 4.33. The van der Waals surface area contributed by atoms with Crippen LogP contribution in [0.25, 0.3) is 11.0 Å². The summed E-state index contributed by atoms with van der Waals surface area (Å²) in [7, 11) is 1.46. The van der Waals surface area contributed by atoms with Crippen LogP contribution in [0.4, 0.5) is 5.95 Å². The maximum atomic E-state index is 13.8. The van der Waals surface area contributed by atoms with Crippen molar-refractivity contribution in [1.82, 2.24) is 9.55 Å². The van der Waals surface area contributed by atoms with Gasteiger partial charge in [-0.3, -0.25) is 14.5 Å². The van der Waals surface area contributed by atoms with Crippen LogP contribution in [0.1, 0.15) is 38.8 Å². The molecular weight excluding hydrogens is 422 g/mol. The molecule has 0 saturated carbocycles. The summed E-state index contributed by atoms with van der Waals surface area (Å²) in [5.41, 5.74) is 2.18. The van der Waals surface area contributed by atoms with Gasteiger partial charge in [-0.15, -0.1) is 0 Å². The number of aromatic nitrogens is 2. The lowest BCUT2D eigenvalue weighted by Crippen LogP contribution is -2.50. The smallest absolute Gasteiger partial charge is 0.321 e. The van der Waals surface area contributed by atoms with E-state index < -0.39 is 17.9 Å². The third-order valence-corrected chi connectivity index (χ3v) is 5.96. The standard InChI is InChI=1S/C25H29N3O5/c1-5-33-24(31)21-22(16-10-11-19(29)20(14-16)32-4)28-18-9-7-6-8-17(18)26-25(28)27(23(21)30)13-12-15(2)3/h6-11,14-15,21-22,29H,5,12-13H2,1-4H3/t21-,22+/m0/s1. The summed E-state index contributed by atoms with van der Waals surface area (Å²) in [4.78, 5) is 33.4. The number of carbonyl (C=O) groups is 2. The Balaban J connectivity index is 1.98. The molecule has 0 aliphatic carbocycles. The Kier molecular flexibility index (Phi) is 6.26. The number of phenols is 1. The lowest BCUT2D eigenvalue weighted by atomic mass is 9.89. The molecule has 174 valence electrons. The van der Waals surface area contributed by atoms with Crippen molar-refractivity contribution in [3.63, 3.8) is 0 Å². The van der Waals surface area contributed by atoms with Gasteiger partial charge in [-0.05, 0) is 49.1 Å². The Labute approximate surface area is 192 Å². The maximum Gasteiger partial charge on any atom is 0.321 e. The van der Waals surface area contributed by atoms with Crippen LogP contribution in [0.3, 0.4) is 0 Å². The summed E-state index contributed by atoms with van der Waals surface area (Å²) in [5, 5.41) is 10.1. The predicted octanol–water partition coefficient (Wildman–Crippen LogP) is 3.91. The Morgan fingerprint density at radius 3 is 2.67 bits per heavy atom. The zero-order chi connectivity index (χ0) is 23.7. The minimum atomic E-state index is -1.10. The van der Waals surface area contributed by atoms with Crippen LogP contribution >= 0.6 is 0 Å². The summed E-state index contributed by atoms with van der Waals surface area (Å²) in [5.74, 6) is -0.917. The Hall–Kier alpha value is -3.55. The Morgan fingerprint density at radius 1 is 1.21 bits per heavy atom. The van der Waals surface area contributed by atoms with E-state index in [4.69, 9.17) is 14.5 Å². The molecule has 1 amide bonds. The lowest BCUT2D eigenvalue weighted by Gasteiger charge is -2.38. The van der Waals surface area contributed by atoms with E-state index >= 15 is 0 Å². The first-order chi connectivity index (χ1) is 15.9. The number of rotatable bonds is 7. The average molecular weight is 452 g/mol. The molecule has 2 heterocycles. The molecule has 1 aliphatic rings. The van der Waals surface area contributed by atoms with E-state index in [0.29, 0.717) is 24.0 Å².